The van der Waals surface area contributed by atoms with Crippen molar-refractivity contribution in [2.45, 2.75) is 27.2 Å². The highest BCUT2D eigenvalue weighted by atomic mass is 16.5. The highest BCUT2D eigenvalue weighted by Crippen LogP contribution is 2.21. The number of nitrogens with zero attached hydrogens (tertiary/aromatic N) is 4. The Kier molecular flexibility index (Phi) is 11.6. The van der Waals surface area contributed by atoms with Gasteiger partial charge in [0, 0.05) is 49.7 Å². The van der Waals surface area contributed by atoms with Crippen LogP contribution in [-0.2, 0) is 4.74 Å². The Hall–Kier alpha value is -3.00. The third kappa shape index (κ3) is 9.28. The predicted molar refractivity (Wildman–Crippen MR) is 141 cm³/mol. The SMILES string of the molecule is CCN=C=NCCC[N+](C)(C)CCOCCNC(=O)c1cc2ccc(N(CC)CC)cc2oc1=O. The molecule has 0 fully saturated rings. The molecular formula is C26H40N5O4+. The number of fused-ring (bicyclic) bond motifs is 1. The van der Waals surface area contributed by atoms with E-state index >= 15 is 0 Å². The van der Waals surface area contributed by atoms with Crippen molar-refractivity contribution in [1.82, 2.24) is 5.32 Å². The number of hydrogen-bond donors (Lipinski definition) is 1. The van der Waals surface area contributed by atoms with Crippen molar-refractivity contribution in [3.05, 3.63) is 40.2 Å². The molecule has 9 heteroatoms. The van der Waals surface area contributed by atoms with Crippen LogP contribution in [0.25, 0.3) is 11.0 Å². The number of rotatable bonds is 15. The Morgan fingerprint density at radius 3 is 2.60 bits per heavy atom. The fourth-order valence-electron chi connectivity index (χ4n) is 3.65. The minimum atomic E-state index is -0.642. The van der Waals surface area contributed by atoms with Crippen LogP contribution in [0.5, 0.6) is 0 Å². The number of likely N-dealkylation sites (N-methyl/N-ethyl adjacent to an activating group) is 1. The van der Waals surface area contributed by atoms with E-state index in [-0.39, 0.29) is 5.56 Å². The van der Waals surface area contributed by atoms with Crippen molar-refractivity contribution in [2.75, 3.05) is 78.0 Å². The van der Waals surface area contributed by atoms with Gasteiger partial charge in [0.2, 0.25) is 0 Å². The van der Waals surface area contributed by atoms with Gasteiger partial charge in [-0.05, 0) is 39.0 Å². The Labute approximate surface area is 208 Å². The van der Waals surface area contributed by atoms with Crippen molar-refractivity contribution in [3.8, 4) is 0 Å². The molecule has 0 aliphatic rings. The summed E-state index contributed by atoms with van der Waals surface area (Å²) in [4.78, 5) is 35.2. The highest BCUT2D eigenvalue weighted by molar-refractivity contribution is 5.96. The van der Waals surface area contributed by atoms with Crippen molar-refractivity contribution in [2.24, 2.45) is 9.98 Å². The van der Waals surface area contributed by atoms with Crippen LogP contribution in [0.2, 0.25) is 0 Å². The maximum absolute atomic E-state index is 12.5. The molecule has 0 radical (unpaired) electrons. The first-order valence-electron chi connectivity index (χ1n) is 12.4. The van der Waals surface area contributed by atoms with Gasteiger partial charge in [-0.3, -0.25) is 4.79 Å². The van der Waals surface area contributed by atoms with Crippen LogP contribution >= 0.6 is 0 Å². The summed E-state index contributed by atoms with van der Waals surface area (Å²) in [7, 11) is 4.30. The molecule has 35 heavy (non-hydrogen) atoms. The second-order valence-electron chi connectivity index (χ2n) is 8.90. The van der Waals surface area contributed by atoms with E-state index in [4.69, 9.17) is 9.15 Å². The highest BCUT2D eigenvalue weighted by Gasteiger charge is 2.16. The number of anilines is 1. The molecule has 2 rings (SSSR count). The van der Waals surface area contributed by atoms with Gasteiger partial charge in [0.1, 0.15) is 17.7 Å². The molecule has 0 atom stereocenters. The van der Waals surface area contributed by atoms with Gasteiger partial charge in [0.25, 0.3) is 5.91 Å². The van der Waals surface area contributed by atoms with E-state index in [2.05, 4.69) is 54.2 Å². The van der Waals surface area contributed by atoms with Crippen LogP contribution in [-0.4, -0.2) is 89.5 Å². The average molecular weight is 487 g/mol. The zero-order valence-electron chi connectivity index (χ0n) is 21.8. The fourth-order valence-corrected chi connectivity index (χ4v) is 3.65. The maximum Gasteiger partial charge on any atom is 0.349 e. The summed E-state index contributed by atoms with van der Waals surface area (Å²) in [6.07, 6.45) is 0.959. The van der Waals surface area contributed by atoms with E-state index in [1.54, 1.807) is 6.07 Å². The van der Waals surface area contributed by atoms with Crippen LogP contribution in [0.15, 0.2) is 43.5 Å². The van der Waals surface area contributed by atoms with E-state index in [0.29, 0.717) is 37.3 Å². The number of carbonyl (C=O) groups is 1. The van der Waals surface area contributed by atoms with Gasteiger partial charge in [-0.2, -0.15) is 0 Å². The van der Waals surface area contributed by atoms with Crippen molar-refractivity contribution in [3.63, 3.8) is 0 Å². The molecule has 1 N–H and O–H groups in total. The summed E-state index contributed by atoms with van der Waals surface area (Å²) in [5.74, 6) is -0.458. The van der Waals surface area contributed by atoms with E-state index in [1.165, 1.54) is 0 Å². The average Bonchev–Trinajstić information content (AvgIpc) is 2.83. The molecule has 0 saturated heterocycles. The third-order valence-corrected chi connectivity index (χ3v) is 5.80. The smallest absolute Gasteiger partial charge is 0.349 e. The Bertz CT molecular complexity index is 1070. The predicted octanol–water partition coefficient (Wildman–Crippen LogP) is 3.05. The summed E-state index contributed by atoms with van der Waals surface area (Å²) < 4.78 is 11.9. The van der Waals surface area contributed by atoms with Gasteiger partial charge in [-0.25, -0.2) is 14.8 Å². The normalized spacial score (nSPS) is 11.2. The van der Waals surface area contributed by atoms with Gasteiger partial charge in [0.05, 0.1) is 46.4 Å². The summed E-state index contributed by atoms with van der Waals surface area (Å²) in [6, 6.07) is 9.96. The van der Waals surface area contributed by atoms with Crippen LogP contribution in [0.3, 0.4) is 0 Å². The zero-order valence-corrected chi connectivity index (χ0v) is 21.8. The number of ether oxygens (including phenoxy) is 1. The van der Waals surface area contributed by atoms with E-state index in [1.807, 2.05) is 25.1 Å². The van der Waals surface area contributed by atoms with Crippen molar-refractivity contribution in [1.29, 1.82) is 0 Å². The monoisotopic (exact) mass is 486 g/mol. The van der Waals surface area contributed by atoms with Gasteiger partial charge >= 0.3 is 5.63 Å². The number of quaternary nitrogens is 1. The lowest BCUT2D eigenvalue weighted by Gasteiger charge is -2.29. The van der Waals surface area contributed by atoms with Gasteiger partial charge in [-0.15, -0.1) is 0 Å². The molecular weight excluding hydrogens is 446 g/mol. The van der Waals surface area contributed by atoms with E-state index < -0.39 is 11.5 Å². The molecule has 1 aromatic carbocycles. The van der Waals surface area contributed by atoms with E-state index in [9.17, 15) is 9.59 Å². The molecule has 0 unspecified atom stereocenters. The van der Waals surface area contributed by atoms with Gasteiger partial charge in [-0.1, -0.05) is 0 Å². The minimum Gasteiger partial charge on any atom is -0.422 e. The topological polar surface area (TPSA) is 96.5 Å². The summed E-state index contributed by atoms with van der Waals surface area (Å²) in [5.41, 5.74) is 0.812. The second kappa shape index (κ2) is 14.4. The lowest BCUT2D eigenvalue weighted by Crippen LogP contribution is -2.43. The molecule has 0 saturated carbocycles. The first-order chi connectivity index (χ1) is 16.8. The number of amides is 1. The van der Waals surface area contributed by atoms with Crippen LogP contribution in [0.1, 0.15) is 37.6 Å². The number of nitrogens with one attached hydrogen (secondary N) is 1. The van der Waals surface area contributed by atoms with Crippen molar-refractivity contribution < 1.29 is 18.4 Å². The van der Waals surface area contributed by atoms with Crippen LogP contribution in [0, 0.1) is 0 Å². The first kappa shape index (κ1) is 28.2. The Morgan fingerprint density at radius 1 is 1.11 bits per heavy atom. The molecule has 0 spiro atoms. The molecule has 2 aromatic rings. The first-order valence-corrected chi connectivity index (χ1v) is 12.4. The second-order valence-corrected chi connectivity index (χ2v) is 8.90. The fraction of sp³-hybridized carbons (Fsp3) is 0.577. The van der Waals surface area contributed by atoms with Gasteiger partial charge < -0.3 is 23.9 Å². The number of carbonyl (C=O) groups excluding carboxylic acids is 1. The summed E-state index contributed by atoms with van der Waals surface area (Å²) >= 11 is 0. The maximum atomic E-state index is 12.5. The van der Waals surface area contributed by atoms with Crippen LogP contribution < -0.4 is 15.8 Å². The standard InChI is InChI=1S/C26H39N5O4/c1-6-27-20-28-12-9-14-31(4,5)15-17-34-16-13-29-25(32)23-18-21-10-11-22(30(7-2)8-3)19-24(21)35-26(23)33/h10-11,18-19H,6-9,12-17H2,1-5H3/p+1. The third-order valence-electron chi connectivity index (χ3n) is 5.80. The summed E-state index contributed by atoms with van der Waals surface area (Å²) in [6.45, 7) is 12.3. The van der Waals surface area contributed by atoms with Crippen LogP contribution in [0.4, 0.5) is 5.69 Å². The number of benzene rings is 1. The zero-order chi connectivity index (χ0) is 25.7. The Balaban J connectivity index is 1.78. The molecule has 0 aliphatic carbocycles. The number of aliphatic imine (C=N–C) groups is 2. The molecule has 0 bridgehead atoms. The molecule has 0 aliphatic heterocycles. The lowest BCUT2D eigenvalue weighted by atomic mass is 10.1. The Morgan fingerprint density at radius 2 is 1.89 bits per heavy atom. The quantitative estimate of drug-likeness (QED) is 0.181. The summed E-state index contributed by atoms with van der Waals surface area (Å²) in [5, 5.41) is 3.46. The molecule has 1 heterocycles. The van der Waals surface area contributed by atoms with Crippen molar-refractivity contribution >= 4 is 28.6 Å². The molecule has 1 aromatic heterocycles. The van der Waals surface area contributed by atoms with E-state index in [0.717, 1.165) is 49.3 Å². The lowest BCUT2D eigenvalue weighted by molar-refractivity contribution is -0.890. The molecule has 192 valence electrons. The number of hydrogen-bond acceptors (Lipinski definition) is 7. The minimum absolute atomic E-state index is 0.00229. The largest absolute Gasteiger partial charge is 0.422 e. The molecule has 1 amide bonds. The van der Waals surface area contributed by atoms with Gasteiger partial charge in [0.15, 0.2) is 0 Å². The molecule has 9 nitrogen and oxygen atoms in total.